The molecule has 1 amide bonds. The fourth-order valence-electron chi connectivity index (χ4n) is 2.54. The van der Waals surface area contributed by atoms with E-state index < -0.39 is 39.0 Å². The van der Waals surface area contributed by atoms with E-state index in [9.17, 15) is 18.3 Å². The number of carbonyl (C=O) groups is 1. The smallest absolute Gasteiger partial charge is 0.421 e. The number of amides is 1. The molecule has 2 rings (SSSR count). The van der Waals surface area contributed by atoms with Crippen molar-refractivity contribution in [1.82, 2.24) is 4.72 Å². The van der Waals surface area contributed by atoms with E-state index in [0.717, 1.165) is 0 Å². The molecule has 1 aliphatic rings. The van der Waals surface area contributed by atoms with E-state index in [1.165, 1.54) is 0 Å². The van der Waals surface area contributed by atoms with Crippen LogP contribution in [0.4, 0.5) is 4.79 Å². The van der Waals surface area contributed by atoms with Gasteiger partial charge in [-0.3, -0.25) is 0 Å². The van der Waals surface area contributed by atoms with Gasteiger partial charge in [-0.2, -0.15) is 0 Å². The molecule has 0 aromatic heterocycles. The predicted molar refractivity (Wildman–Crippen MR) is 88.2 cm³/mol. The molecule has 1 heterocycles. The van der Waals surface area contributed by atoms with Gasteiger partial charge in [0.15, 0.2) is 0 Å². The molecule has 1 aliphatic heterocycles. The van der Waals surface area contributed by atoms with Gasteiger partial charge in [0.25, 0.3) is 0 Å². The fraction of sp³-hybridized carbons (Fsp3) is 0.562. The van der Waals surface area contributed by atoms with E-state index in [2.05, 4.69) is 0 Å². The highest BCUT2D eigenvalue weighted by molar-refractivity contribution is 7.90. The molecular formula is C16H23NO6S. The van der Waals surface area contributed by atoms with Gasteiger partial charge in [-0.1, -0.05) is 25.1 Å². The molecule has 0 fully saturated rings. The second-order valence-corrected chi connectivity index (χ2v) is 8.72. The van der Waals surface area contributed by atoms with E-state index in [1.54, 1.807) is 52.0 Å². The molecule has 0 radical (unpaired) electrons. The minimum absolute atomic E-state index is 0.176. The van der Waals surface area contributed by atoms with Gasteiger partial charge >= 0.3 is 6.09 Å². The van der Waals surface area contributed by atoms with E-state index >= 15 is 0 Å². The summed E-state index contributed by atoms with van der Waals surface area (Å²) in [5.74, 6) is -0.700. The molecule has 1 aromatic carbocycles. The molecule has 2 atom stereocenters. The van der Waals surface area contributed by atoms with Crippen LogP contribution in [0.3, 0.4) is 0 Å². The van der Waals surface area contributed by atoms with E-state index in [1.807, 2.05) is 4.72 Å². The number of aliphatic hydroxyl groups is 1. The summed E-state index contributed by atoms with van der Waals surface area (Å²) in [7, 11) is -4.12. The molecular weight excluding hydrogens is 334 g/mol. The summed E-state index contributed by atoms with van der Waals surface area (Å²) in [6.07, 6.45) is -1.07. The Morgan fingerprint density at radius 2 is 2.04 bits per heavy atom. The van der Waals surface area contributed by atoms with Crippen LogP contribution in [-0.2, 0) is 20.4 Å². The minimum Gasteiger partial charge on any atom is -0.493 e. The zero-order valence-electron chi connectivity index (χ0n) is 14.2. The van der Waals surface area contributed by atoms with Gasteiger partial charge in [0.1, 0.15) is 22.7 Å². The quantitative estimate of drug-likeness (QED) is 0.855. The Kier molecular flexibility index (Phi) is 4.83. The van der Waals surface area contributed by atoms with Crippen LogP contribution in [-0.4, -0.2) is 37.6 Å². The number of nitrogens with one attached hydrogen (secondary N) is 1. The van der Waals surface area contributed by atoms with Crippen LogP contribution in [0, 0.1) is 5.92 Å². The van der Waals surface area contributed by atoms with Crippen LogP contribution in [0.1, 0.15) is 33.3 Å². The zero-order valence-corrected chi connectivity index (χ0v) is 15.0. The summed E-state index contributed by atoms with van der Waals surface area (Å²) < 4.78 is 37.0. The van der Waals surface area contributed by atoms with Gasteiger partial charge in [0.05, 0.1) is 6.61 Å². The van der Waals surface area contributed by atoms with Crippen molar-refractivity contribution < 1.29 is 27.8 Å². The maximum atomic E-state index is 12.3. The largest absolute Gasteiger partial charge is 0.493 e. The lowest BCUT2D eigenvalue weighted by molar-refractivity contribution is -0.0323. The van der Waals surface area contributed by atoms with Crippen LogP contribution in [0.2, 0.25) is 0 Å². The van der Waals surface area contributed by atoms with Gasteiger partial charge in [0, 0.05) is 11.5 Å². The number of ether oxygens (including phenoxy) is 2. The molecule has 8 heteroatoms. The lowest BCUT2D eigenvalue weighted by Crippen LogP contribution is -2.49. The van der Waals surface area contributed by atoms with Crippen molar-refractivity contribution in [3.05, 3.63) is 29.8 Å². The molecule has 7 nitrogen and oxygen atoms in total. The van der Waals surface area contributed by atoms with Gasteiger partial charge in [-0.05, 0) is 26.8 Å². The number of benzene rings is 1. The molecule has 2 unspecified atom stereocenters. The monoisotopic (exact) mass is 357 g/mol. The first-order valence-corrected chi connectivity index (χ1v) is 9.26. The Labute approximate surface area is 142 Å². The van der Waals surface area contributed by atoms with Crippen LogP contribution in [0.15, 0.2) is 24.3 Å². The minimum atomic E-state index is -4.12. The van der Waals surface area contributed by atoms with Crippen molar-refractivity contribution in [2.24, 2.45) is 5.92 Å². The first kappa shape index (κ1) is 18.5. The molecule has 1 aromatic rings. The molecule has 134 valence electrons. The van der Waals surface area contributed by atoms with Crippen LogP contribution in [0.5, 0.6) is 5.75 Å². The average molecular weight is 357 g/mol. The Balaban J connectivity index is 2.23. The van der Waals surface area contributed by atoms with Crippen LogP contribution < -0.4 is 9.46 Å². The number of para-hydroxylation sites is 1. The highest BCUT2D eigenvalue weighted by atomic mass is 32.2. The van der Waals surface area contributed by atoms with E-state index in [-0.39, 0.29) is 6.61 Å². The van der Waals surface area contributed by atoms with Crippen molar-refractivity contribution in [3.63, 3.8) is 0 Å². The summed E-state index contributed by atoms with van der Waals surface area (Å²) in [5.41, 5.74) is -2.10. The molecule has 0 bridgehead atoms. The molecule has 0 spiro atoms. The molecule has 0 saturated heterocycles. The Hall–Kier alpha value is -1.80. The fourth-order valence-corrected chi connectivity index (χ4v) is 3.93. The number of carbonyl (C=O) groups excluding carboxylic acids is 1. The maximum Gasteiger partial charge on any atom is 0.421 e. The SMILES string of the molecule is CC1COc2ccccc2C1(O)CS(=O)(=O)NC(=O)OC(C)(C)C. The van der Waals surface area contributed by atoms with Gasteiger partial charge < -0.3 is 14.6 Å². The van der Waals surface area contributed by atoms with Crippen LogP contribution >= 0.6 is 0 Å². The number of rotatable bonds is 3. The van der Waals surface area contributed by atoms with Crippen LogP contribution in [0.25, 0.3) is 0 Å². The third-order valence-electron chi connectivity index (χ3n) is 3.71. The molecule has 2 N–H and O–H groups in total. The van der Waals surface area contributed by atoms with Crippen molar-refractivity contribution in [3.8, 4) is 5.75 Å². The Morgan fingerprint density at radius 1 is 1.42 bits per heavy atom. The second-order valence-electron chi connectivity index (χ2n) is 7.00. The Morgan fingerprint density at radius 3 is 2.67 bits per heavy atom. The topological polar surface area (TPSA) is 102 Å². The maximum absolute atomic E-state index is 12.3. The van der Waals surface area contributed by atoms with E-state index in [4.69, 9.17) is 9.47 Å². The number of hydrogen-bond donors (Lipinski definition) is 2. The Bertz CT molecular complexity index is 724. The summed E-state index contributed by atoms with van der Waals surface area (Å²) in [4.78, 5) is 11.7. The highest BCUT2D eigenvalue weighted by Crippen LogP contribution is 2.40. The summed E-state index contributed by atoms with van der Waals surface area (Å²) in [6.45, 7) is 6.75. The van der Waals surface area contributed by atoms with Gasteiger partial charge in [0.2, 0.25) is 10.0 Å². The normalized spacial score (nSPS) is 23.8. The molecule has 0 aliphatic carbocycles. The standard InChI is InChI=1S/C16H23NO6S/c1-11-9-22-13-8-6-5-7-12(13)16(11,19)10-24(20,21)17-14(18)23-15(2,3)4/h5-8,11,19H,9-10H2,1-4H3,(H,17,18). The zero-order chi connectivity index (χ0) is 18.2. The number of fused-ring (bicyclic) bond motifs is 1. The first-order valence-electron chi connectivity index (χ1n) is 7.61. The van der Waals surface area contributed by atoms with Crippen molar-refractivity contribution in [1.29, 1.82) is 0 Å². The first-order chi connectivity index (χ1) is 10.9. The number of sulfonamides is 1. The van der Waals surface area contributed by atoms with Crippen molar-refractivity contribution >= 4 is 16.1 Å². The average Bonchev–Trinajstić information content (AvgIpc) is 2.40. The third kappa shape index (κ3) is 4.18. The third-order valence-corrected chi connectivity index (χ3v) is 5.00. The molecule has 24 heavy (non-hydrogen) atoms. The van der Waals surface area contributed by atoms with Gasteiger partial charge in [-0.25, -0.2) is 17.9 Å². The molecule has 0 saturated carbocycles. The predicted octanol–water partition coefficient (Wildman–Crippen LogP) is 1.76. The number of hydrogen-bond acceptors (Lipinski definition) is 6. The summed E-state index contributed by atoms with van der Waals surface area (Å²) in [6, 6.07) is 6.72. The highest BCUT2D eigenvalue weighted by Gasteiger charge is 2.45. The van der Waals surface area contributed by atoms with E-state index in [0.29, 0.717) is 11.3 Å². The van der Waals surface area contributed by atoms with Crippen molar-refractivity contribution in [2.75, 3.05) is 12.4 Å². The van der Waals surface area contributed by atoms with Gasteiger partial charge in [-0.15, -0.1) is 0 Å². The lowest BCUT2D eigenvalue weighted by Gasteiger charge is -2.39. The summed E-state index contributed by atoms with van der Waals surface area (Å²) >= 11 is 0. The summed E-state index contributed by atoms with van der Waals surface area (Å²) in [5, 5.41) is 11.0. The lowest BCUT2D eigenvalue weighted by atomic mass is 9.82. The second kappa shape index (κ2) is 6.25. The van der Waals surface area contributed by atoms with Crippen molar-refractivity contribution in [2.45, 2.75) is 38.9 Å².